The van der Waals surface area contributed by atoms with E-state index in [0.29, 0.717) is 12.0 Å². The molecule has 1 amide bonds. The second-order valence-corrected chi connectivity index (χ2v) is 11.1. The molecule has 0 spiro atoms. The van der Waals surface area contributed by atoms with Gasteiger partial charge in [0.1, 0.15) is 0 Å². The van der Waals surface area contributed by atoms with Crippen LogP contribution in [0.25, 0.3) is 10.8 Å². The van der Waals surface area contributed by atoms with E-state index < -0.39 is 31.2 Å². The fourth-order valence-corrected chi connectivity index (χ4v) is 6.63. The number of carbonyl (C=O) groups excluding carboxylic acids is 3. The summed E-state index contributed by atoms with van der Waals surface area (Å²) in [6.07, 6.45) is -0.617. The minimum absolute atomic E-state index is 0.0000165. The van der Waals surface area contributed by atoms with Gasteiger partial charge in [0.2, 0.25) is 5.54 Å². The van der Waals surface area contributed by atoms with E-state index in [1.165, 1.54) is 0 Å². The monoisotopic (exact) mass is 563 g/mol. The number of hydrogen-bond acceptors (Lipinski definition) is 9. The van der Waals surface area contributed by atoms with Crippen LogP contribution in [0.1, 0.15) is 51.3 Å². The number of rotatable bonds is 12. The molecular weight excluding hydrogens is 525 g/mol. The summed E-state index contributed by atoms with van der Waals surface area (Å²) < 4.78 is 40.4. The van der Waals surface area contributed by atoms with E-state index in [-0.39, 0.29) is 52.2 Å². The molecule has 2 aromatic rings. The Morgan fingerprint density at radius 3 is 2.03 bits per heavy atom. The Morgan fingerprint density at radius 1 is 0.872 bits per heavy atom. The van der Waals surface area contributed by atoms with E-state index in [9.17, 15) is 18.9 Å². The molecule has 0 atom stereocenters. The van der Waals surface area contributed by atoms with E-state index in [1.54, 1.807) is 34.6 Å². The van der Waals surface area contributed by atoms with Gasteiger partial charge in [0, 0.05) is 6.42 Å². The molecule has 0 bridgehead atoms. The Kier molecular flexibility index (Phi) is 10.5. The van der Waals surface area contributed by atoms with Crippen molar-refractivity contribution >= 4 is 36.4 Å². The zero-order chi connectivity index (χ0) is 28.6. The zero-order valence-electron chi connectivity index (χ0n) is 23.3. The van der Waals surface area contributed by atoms with Crippen molar-refractivity contribution in [2.24, 2.45) is 0 Å². The Bertz CT molecular complexity index is 1220. The molecule has 0 aromatic heterocycles. The summed E-state index contributed by atoms with van der Waals surface area (Å²) in [6.45, 7) is 8.83. The zero-order valence-corrected chi connectivity index (χ0v) is 24.2. The molecule has 1 aliphatic rings. The van der Waals surface area contributed by atoms with Crippen molar-refractivity contribution in [3.8, 4) is 0 Å². The van der Waals surface area contributed by atoms with Gasteiger partial charge in [-0.1, -0.05) is 24.3 Å². The van der Waals surface area contributed by atoms with Crippen LogP contribution in [0.5, 0.6) is 0 Å². The average molecular weight is 564 g/mol. The second kappa shape index (κ2) is 13.4. The van der Waals surface area contributed by atoms with Gasteiger partial charge in [-0.3, -0.25) is 9.46 Å². The van der Waals surface area contributed by atoms with Gasteiger partial charge in [-0.15, -0.1) is 0 Å². The number of benzene rings is 2. The van der Waals surface area contributed by atoms with Gasteiger partial charge in [-0.05, 0) is 74.6 Å². The maximum absolute atomic E-state index is 13.6. The number of esters is 2. The summed E-state index contributed by atoms with van der Waals surface area (Å²) >= 11 is 0. The summed E-state index contributed by atoms with van der Waals surface area (Å²) in [5.74, 6) is -1.79. The Balaban J connectivity index is 2.25. The van der Waals surface area contributed by atoms with Gasteiger partial charge in [0.05, 0.1) is 45.7 Å². The van der Waals surface area contributed by atoms with Crippen LogP contribution in [0.3, 0.4) is 0 Å². The molecule has 0 fully saturated rings. The third-order valence-corrected chi connectivity index (χ3v) is 8.67. The predicted octanol–water partition coefficient (Wildman–Crippen LogP) is 5.03. The molecule has 11 heteroatoms. The van der Waals surface area contributed by atoms with Crippen molar-refractivity contribution in [1.82, 2.24) is 4.90 Å². The topological polar surface area (TPSA) is 118 Å². The van der Waals surface area contributed by atoms with Crippen LogP contribution in [-0.2, 0) is 56.8 Å². The fourth-order valence-electron chi connectivity index (χ4n) is 5.01. The molecule has 39 heavy (non-hydrogen) atoms. The molecule has 0 radical (unpaired) electrons. The first kappa shape index (κ1) is 30.6. The van der Waals surface area contributed by atoms with Crippen molar-refractivity contribution in [1.29, 1.82) is 0 Å². The molecule has 1 heterocycles. The second-order valence-electron chi connectivity index (χ2n) is 8.90. The van der Waals surface area contributed by atoms with E-state index in [0.717, 1.165) is 26.8 Å². The SMILES string of the molecule is CCOC(=O)N1Cc2cc3ccccc3c(CCP(=O)(OCC)OCC)c2CC1(C(=O)OCC)C(=O)OCC. The van der Waals surface area contributed by atoms with Crippen LogP contribution < -0.4 is 0 Å². The summed E-state index contributed by atoms with van der Waals surface area (Å²) in [5.41, 5.74) is 0.134. The van der Waals surface area contributed by atoms with Gasteiger partial charge in [0.25, 0.3) is 0 Å². The lowest BCUT2D eigenvalue weighted by Crippen LogP contribution is -2.66. The van der Waals surface area contributed by atoms with E-state index in [2.05, 4.69) is 0 Å². The minimum atomic E-state index is -3.39. The predicted molar refractivity (Wildman–Crippen MR) is 146 cm³/mol. The first-order valence-corrected chi connectivity index (χ1v) is 15.1. The van der Waals surface area contributed by atoms with E-state index in [1.807, 2.05) is 30.3 Å². The lowest BCUT2D eigenvalue weighted by Gasteiger charge is -2.43. The standard InChI is InChI=1S/C28H38NO9P/c1-6-34-25(30)28(26(31)35-7-2)18-24-21(19-29(28)27(32)36-8-3)17-20-13-11-12-14-22(20)23(24)15-16-39(33,37-9-4)38-10-5/h11-14,17H,6-10,15-16,18-19H2,1-5H3. The van der Waals surface area contributed by atoms with E-state index >= 15 is 0 Å². The molecule has 0 saturated carbocycles. The van der Waals surface area contributed by atoms with Crippen molar-refractivity contribution < 1.29 is 42.2 Å². The highest BCUT2D eigenvalue weighted by atomic mass is 31.2. The first-order chi connectivity index (χ1) is 18.7. The number of aryl methyl sites for hydroxylation is 1. The van der Waals surface area contributed by atoms with Crippen LogP contribution in [0.2, 0.25) is 0 Å². The molecular formula is C28H38NO9P. The first-order valence-electron chi connectivity index (χ1n) is 13.4. The normalized spacial score (nSPS) is 14.5. The van der Waals surface area contributed by atoms with Crippen molar-refractivity contribution in [2.45, 2.75) is 59.5 Å². The summed E-state index contributed by atoms with van der Waals surface area (Å²) in [5, 5.41) is 1.78. The molecule has 0 unspecified atom stereocenters. The number of carbonyl (C=O) groups is 3. The molecule has 0 N–H and O–H groups in total. The van der Waals surface area contributed by atoms with Crippen LogP contribution in [-0.4, -0.2) is 67.7 Å². The van der Waals surface area contributed by atoms with Crippen LogP contribution in [0.4, 0.5) is 4.79 Å². The third-order valence-electron chi connectivity index (χ3n) is 6.59. The Morgan fingerprint density at radius 2 is 1.46 bits per heavy atom. The number of amides is 1. The smallest absolute Gasteiger partial charge is 0.411 e. The number of hydrogen-bond donors (Lipinski definition) is 0. The number of nitrogens with zero attached hydrogens (tertiary/aromatic N) is 1. The highest BCUT2D eigenvalue weighted by Crippen LogP contribution is 2.49. The molecule has 214 valence electrons. The molecule has 3 rings (SSSR count). The molecule has 1 aliphatic heterocycles. The average Bonchev–Trinajstić information content (AvgIpc) is 2.91. The molecule has 0 aliphatic carbocycles. The maximum Gasteiger partial charge on any atom is 0.411 e. The Hall–Kier alpha value is -2.94. The summed E-state index contributed by atoms with van der Waals surface area (Å²) in [6, 6.07) is 9.60. The number of fused-ring (bicyclic) bond motifs is 2. The molecule has 10 nitrogen and oxygen atoms in total. The van der Waals surface area contributed by atoms with Gasteiger partial charge < -0.3 is 23.3 Å². The van der Waals surface area contributed by atoms with Crippen molar-refractivity contribution in [3.63, 3.8) is 0 Å². The van der Waals surface area contributed by atoms with E-state index in [4.69, 9.17) is 23.3 Å². The van der Waals surface area contributed by atoms with Crippen LogP contribution in [0.15, 0.2) is 30.3 Å². The highest BCUT2D eigenvalue weighted by molar-refractivity contribution is 7.53. The largest absolute Gasteiger partial charge is 0.464 e. The van der Waals surface area contributed by atoms with Gasteiger partial charge in [-0.25, -0.2) is 14.4 Å². The van der Waals surface area contributed by atoms with Gasteiger partial charge >= 0.3 is 25.6 Å². The lowest BCUT2D eigenvalue weighted by atomic mass is 9.78. The minimum Gasteiger partial charge on any atom is -0.464 e. The van der Waals surface area contributed by atoms with Crippen molar-refractivity contribution in [2.75, 3.05) is 39.2 Å². The summed E-state index contributed by atoms with van der Waals surface area (Å²) in [4.78, 5) is 41.5. The van der Waals surface area contributed by atoms with Gasteiger partial charge in [0.15, 0.2) is 0 Å². The summed E-state index contributed by atoms with van der Waals surface area (Å²) in [7, 11) is -3.39. The number of ether oxygens (including phenoxy) is 3. The lowest BCUT2D eigenvalue weighted by molar-refractivity contribution is -0.175. The molecule has 2 aromatic carbocycles. The van der Waals surface area contributed by atoms with Crippen LogP contribution >= 0.6 is 7.60 Å². The van der Waals surface area contributed by atoms with Gasteiger partial charge in [-0.2, -0.15) is 0 Å². The molecule has 0 saturated heterocycles. The fraction of sp³-hybridized carbons (Fsp3) is 0.536. The van der Waals surface area contributed by atoms with Crippen molar-refractivity contribution in [3.05, 3.63) is 47.0 Å². The Labute approximate surface area is 229 Å². The highest BCUT2D eigenvalue weighted by Gasteiger charge is 2.59. The third kappa shape index (κ3) is 6.29. The van der Waals surface area contributed by atoms with Crippen LogP contribution in [0, 0.1) is 0 Å². The quantitative estimate of drug-likeness (QED) is 0.152. The maximum atomic E-state index is 13.6.